The molecule has 1 aromatic carbocycles. The van der Waals surface area contributed by atoms with Crippen LogP contribution in [-0.4, -0.2) is 13.1 Å². The second kappa shape index (κ2) is 4.83. The van der Waals surface area contributed by atoms with Crippen LogP contribution >= 0.6 is 0 Å². The second-order valence-corrected chi connectivity index (χ2v) is 6.67. The molecule has 0 bridgehead atoms. The van der Waals surface area contributed by atoms with Gasteiger partial charge in [-0.15, -0.1) is 0 Å². The lowest BCUT2D eigenvalue weighted by Gasteiger charge is -2.40. The molecule has 2 heteroatoms. The van der Waals surface area contributed by atoms with Crippen LogP contribution in [0.15, 0.2) is 18.2 Å². The lowest BCUT2D eigenvalue weighted by Crippen LogP contribution is -2.38. The highest BCUT2D eigenvalue weighted by Gasteiger charge is 2.29. The van der Waals surface area contributed by atoms with Gasteiger partial charge in [-0.05, 0) is 54.9 Å². The molecule has 1 aliphatic heterocycles. The van der Waals surface area contributed by atoms with Crippen molar-refractivity contribution >= 4 is 11.4 Å². The van der Waals surface area contributed by atoms with Gasteiger partial charge in [0.25, 0.3) is 0 Å². The van der Waals surface area contributed by atoms with Crippen molar-refractivity contribution in [1.29, 1.82) is 0 Å². The van der Waals surface area contributed by atoms with Crippen molar-refractivity contribution in [2.24, 2.45) is 11.3 Å². The molecule has 0 spiro atoms. The van der Waals surface area contributed by atoms with Crippen LogP contribution in [0, 0.1) is 18.3 Å². The van der Waals surface area contributed by atoms with E-state index in [0.717, 1.165) is 11.6 Å². The Morgan fingerprint density at radius 1 is 1.17 bits per heavy atom. The minimum atomic E-state index is 0.447. The average Bonchev–Trinajstić information content (AvgIpc) is 2.28. The van der Waals surface area contributed by atoms with Crippen molar-refractivity contribution in [1.82, 2.24) is 0 Å². The summed E-state index contributed by atoms with van der Waals surface area (Å²) in [6.45, 7) is 11.6. The molecule has 0 unspecified atom stereocenters. The van der Waals surface area contributed by atoms with Gasteiger partial charge >= 0.3 is 0 Å². The van der Waals surface area contributed by atoms with E-state index in [1.165, 1.54) is 37.2 Å². The van der Waals surface area contributed by atoms with Gasteiger partial charge < -0.3 is 10.6 Å². The van der Waals surface area contributed by atoms with Crippen molar-refractivity contribution < 1.29 is 0 Å². The topological polar surface area (TPSA) is 29.3 Å². The van der Waals surface area contributed by atoms with Crippen LogP contribution < -0.4 is 10.6 Å². The fraction of sp³-hybridized carbons (Fsp3) is 0.625. The molecule has 0 radical (unpaired) electrons. The standard InChI is InChI=1S/C16H26N2/c1-12-11-14(17)5-6-15(12)18-9-7-13(8-10-18)16(2,3)4/h5-6,11,13H,7-10,17H2,1-4H3. The predicted molar refractivity (Wildman–Crippen MR) is 80.0 cm³/mol. The minimum absolute atomic E-state index is 0.447. The fourth-order valence-electron chi connectivity index (χ4n) is 3.02. The third-order valence-corrected chi connectivity index (χ3v) is 4.28. The van der Waals surface area contributed by atoms with Gasteiger partial charge in [0, 0.05) is 24.5 Å². The van der Waals surface area contributed by atoms with Crippen LogP contribution in [0.1, 0.15) is 39.2 Å². The summed E-state index contributed by atoms with van der Waals surface area (Å²) in [6.07, 6.45) is 2.60. The van der Waals surface area contributed by atoms with Crippen LogP contribution in [0.2, 0.25) is 0 Å². The Hall–Kier alpha value is -1.18. The van der Waals surface area contributed by atoms with E-state index in [9.17, 15) is 0 Å². The van der Waals surface area contributed by atoms with Crippen LogP contribution in [-0.2, 0) is 0 Å². The Morgan fingerprint density at radius 3 is 2.28 bits per heavy atom. The molecule has 2 N–H and O–H groups in total. The number of benzene rings is 1. The van der Waals surface area contributed by atoms with Crippen molar-refractivity contribution in [2.45, 2.75) is 40.5 Å². The third kappa shape index (κ3) is 2.80. The van der Waals surface area contributed by atoms with Gasteiger partial charge in [-0.25, -0.2) is 0 Å². The first-order chi connectivity index (χ1) is 8.38. The highest BCUT2D eigenvalue weighted by molar-refractivity contribution is 5.59. The number of nitrogens with zero attached hydrogens (tertiary/aromatic N) is 1. The predicted octanol–water partition coefficient (Wildman–Crippen LogP) is 3.84. The zero-order valence-corrected chi connectivity index (χ0v) is 12.2. The number of aryl methyl sites for hydroxylation is 1. The number of nitrogens with two attached hydrogens (primary N) is 1. The minimum Gasteiger partial charge on any atom is -0.399 e. The molecule has 1 aliphatic rings. The highest BCUT2D eigenvalue weighted by atomic mass is 15.1. The molecule has 18 heavy (non-hydrogen) atoms. The number of rotatable bonds is 1. The SMILES string of the molecule is Cc1cc(N)ccc1N1CCC(C(C)(C)C)CC1. The molecule has 2 nitrogen and oxygen atoms in total. The summed E-state index contributed by atoms with van der Waals surface area (Å²) in [5, 5.41) is 0. The van der Waals surface area contributed by atoms with Crippen LogP contribution in [0.3, 0.4) is 0 Å². The summed E-state index contributed by atoms with van der Waals surface area (Å²) in [4.78, 5) is 2.51. The molecule has 100 valence electrons. The van der Waals surface area contributed by atoms with E-state index in [-0.39, 0.29) is 0 Å². The quantitative estimate of drug-likeness (QED) is 0.763. The van der Waals surface area contributed by atoms with E-state index in [0.29, 0.717) is 5.41 Å². The number of hydrogen-bond donors (Lipinski definition) is 1. The first kappa shape index (κ1) is 13.3. The molecule has 1 heterocycles. The molecule has 0 aliphatic carbocycles. The first-order valence-corrected chi connectivity index (χ1v) is 6.99. The average molecular weight is 246 g/mol. The van der Waals surface area contributed by atoms with Crippen molar-refractivity contribution in [3.8, 4) is 0 Å². The molecular weight excluding hydrogens is 220 g/mol. The summed E-state index contributed by atoms with van der Waals surface area (Å²) >= 11 is 0. The van der Waals surface area contributed by atoms with E-state index in [1.54, 1.807) is 0 Å². The van der Waals surface area contributed by atoms with Gasteiger partial charge in [-0.2, -0.15) is 0 Å². The molecular formula is C16H26N2. The van der Waals surface area contributed by atoms with E-state index in [2.05, 4.69) is 44.7 Å². The smallest absolute Gasteiger partial charge is 0.0397 e. The Labute approximate surface area is 111 Å². The lowest BCUT2D eigenvalue weighted by molar-refractivity contribution is 0.199. The molecule has 1 fully saturated rings. The van der Waals surface area contributed by atoms with Crippen molar-refractivity contribution in [3.63, 3.8) is 0 Å². The van der Waals surface area contributed by atoms with Crippen molar-refractivity contribution in [2.75, 3.05) is 23.7 Å². The summed E-state index contributed by atoms with van der Waals surface area (Å²) in [5.74, 6) is 0.850. The van der Waals surface area contributed by atoms with Gasteiger partial charge in [0.1, 0.15) is 0 Å². The van der Waals surface area contributed by atoms with Gasteiger partial charge in [0.15, 0.2) is 0 Å². The number of nitrogen functional groups attached to an aromatic ring is 1. The normalized spacial score (nSPS) is 18.1. The second-order valence-electron chi connectivity index (χ2n) is 6.67. The molecule has 1 saturated heterocycles. The third-order valence-electron chi connectivity index (χ3n) is 4.28. The Bertz CT molecular complexity index is 410. The summed E-state index contributed by atoms with van der Waals surface area (Å²) in [7, 11) is 0. The first-order valence-electron chi connectivity index (χ1n) is 6.99. The molecule has 1 aromatic rings. The van der Waals surface area contributed by atoms with Gasteiger partial charge in [-0.1, -0.05) is 20.8 Å². The van der Waals surface area contributed by atoms with Crippen LogP contribution in [0.25, 0.3) is 0 Å². The highest BCUT2D eigenvalue weighted by Crippen LogP contribution is 2.36. The largest absolute Gasteiger partial charge is 0.399 e. The number of piperidine rings is 1. The fourth-order valence-corrected chi connectivity index (χ4v) is 3.02. The van der Waals surface area contributed by atoms with E-state index in [1.807, 2.05) is 6.07 Å². The molecule has 0 amide bonds. The zero-order chi connectivity index (χ0) is 13.3. The Morgan fingerprint density at radius 2 is 1.78 bits per heavy atom. The van der Waals surface area contributed by atoms with Crippen LogP contribution in [0.5, 0.6) is 0 Å². The molecule has 0 aromatic heterocycles. The maximum Gasteiger partial charge on any atom is 0.0397 e. The van der Waals surface area contributed by atoms with E-state index in [4.69, 9.17) is 5.73 Å². The van der Waals surface area contributed by atoms with E-state index < -0.39 is 0 Å². The Balaban J connectivity index is 2.06. The van der Waals surface area contributed by atoms with Gasteiger partial charge in [0.2, 0.25) is 0 Å². The lowest BCUT2D eigenvalue weighted by atomic mass is 9.75. The summed E-state index contributed by atoms with van der Waals surface area (Å²) in [5.41, 5.74) is 9.78. The Kier molecular flexibility index (Phi) is 3.56. The monoisotopic (exact) mass is 246 g/mol. The molecule has 0 saturated carbocycles. The maximum atomic E-state index is 5.82. The summed E-state index contributed by atoms with van der Waals surface area (Å²) < 4.78 is 0. The summed E-state index contributed by atoms with van der Waals surface area (Å²) in [6, 6.07) is 6.26. The van der Waals surface area contributed by atoms with Crippen molar-refractivity contribution in [3.05, 3.63) is 23.8 Å². The van der Waals surface area contributed by atoms with Crippen LogP contribution in [0.4, 0.5) is 11.4 Å². The van der Waals surface area contributed by atoms with Gasteiger partial charge in [-0.3, -0.25) is 0 Å². The maximum absolute atomic E-state index is 5.82. The van der Waals surface area contributed by atoms with E-state index >= 15 is 0 Å². The van der Waals surface area contributed by atoms with Gasteiger partial charge in [0.05, 0.1) is 0 Å². The zero-order valence-electron chi connectivity index (χ0n) is 12.2. The number of anilines is 2. The molecule has 2 rings (SSSR count). The number of hydrogen-bond acceptors (Lipinski definition) is 2. The molecule has 0 atom stereocenters.